The fraction of sp³-hybridized carbons (Fsp3) is 0. The molecule has 0 aliphatic carbocycles. The summed E-state index contributed by atoms with van der Waals surface area (Å²) in [6.45, 7) is 0. The molecule has 5 heteroatoms. The number of imidazole rings is 1. The maximum atomic E-state index is 6.10. The van der Waals surface area contributed by atoms with Crippen molar-refractivity contribution in [2.45, 2.75) is 0 Å². The van der Waals surface area contributed by atoms with Crippen LogP contribution in [0.25, 0.3) is 16.9 Å². The van der Waals surface area contributed by atoms with Gasteiger partial charge in [-0.2, -0.15) is 0 Å². The number of rotatable bonds is 1. The number of fused-ring (bicyclic) bond motifs is 1. The van der Waals surface area contributed by atoms with Gasteiger partial charge < -0.3 is 10.1 Å². The summed E-state index contributed by atoms with van der Waals surface area (Å²) < 4.78 is 1.81. The Hall–Kier alpha value is -1.71. The predicted molar refractivity (Wildman–Crippen MR) is 75.1 cm³/mol. The van der Waals surface area contributed by atoms with Gasteiger partial charge in [0, 0.05) is 23.6 Å². The number of nitrogens with zero attached hydrogens (tertiary/aromatic N) is 2. The molecule has 2 heterocycles. The molecule has 0 saturated carbocycles. The van der Waals surface area contributed by atoms with E-state index in [0.29, 0.717) is 21.4 Å². The van der Waals surface area contributed by atoms with E-state index < -0.39 is 0 Å². The molecular weight excluding hydrogens is 269 g/mol. The largest absolute Gasteiger partial charge is 0.399 e. The maximum absolute atomic E-state index is 6.10. The lowest BCUT2D eigenvalue weighted by atomic mass is 10.1. The summed E-state index contributed by atoms with van der Waals surface area (Å²) in [6.07, 6.45) is 3.65. The van der Waals surface area contributed by atoms with Gasteiger partial charge in [-0.3, -0.25) is 0 Å². The first-order chi connectivity index (χ1) is 8.63. The van der Waals surface area contributed by atoms with Crippen molar-refractivity contribution in [1.29, 1.82) is 0 Å². The minimum atomic E-state index is 0.526. The van der Waals surface area contributed by atoms with Crippen molar-refractivity contribution < 1.29 is 0 Å². The Labute approximate surface area is 114 Å². The van der Waals surface area contributed by atoms with Crippen LogP contribution in [-0.2, 0) is 0 Å². The van der Waals surface area contributed by atoms with Crippen molar-refractivity contribution in [3.63, 3.8) is 0 Å². The van der Waals surface area contributed by atoms with Gasteiger partial charge in [-0.15, -0.1) is 0 Å². The summed E-state index contributed by atoms with van der Waals surface area (Å²) >= 11 is 12.1. The smallest absolute Gasteiger partial charge is 0.156 e. The maximum Gasteiger partial charge on any atom is 0.156 e. The third-order valence-electron chi connectivity index (χ3n) is 2.66. The van der Waals surface area contributed by atoms with Gasteiger partial charge in [0.05, 0.1) is 15.7 Å². The van der Waals surface area contributed by atoms with E-state index in [1.165, 1.54) is 0 Å². The fourth-order valence-corrected chi connectivity index (χ4v) is 2.39. The van der Waals surface area contributed by atoms with Gasteiger partial charge in [0.15, 0.2) is 5.65 Å². The van der Waals surface area contributed by atoms with Crippen molar-refractivity contribution in [3.8, 4) is 11.3 Å². The normalized spacial score (nSPS) is 11.0. The highest BCUT2D eigenvalue weighted by Crippen LogP contribution is 2.26. The Balaban J connectivity index is 2.22. The molecule has 0 radical (unpaired) electrons. The van der Waals surface area contributed by atoms with Crippen LogP contribution in [0.15, 0.2) is 42.7 Å². The SMILES string of the molecule is Nc1cccc(-c2cn3cc(Cl)cc(Cl)c3n2)c1. The van der Waals surface area contributed by atoms with E-state index in [9.17, 15) is 0 Å². The number of hydrogen-bond acceptors (Lipinski definition) is 2. The zero-order valence-electron chi connectivity index (χ0n) is 9.27. The van der Waals surface area contributed by atoms with Crippen LogP contribution in [-0.4, -0.2) is 9.38 Å². The minimum Gasteiger partial charge on any atom is -0.399 e. The number of nitrogens with two attached hydrogens (primary N) is 1. The molecule has 0 atom stereocenters. The minimum absolute atomic E-state index is 0.526. The Bertz CT molecular complexity index is 734. The van der Waals surface area contributed by atoms with Crippen LogP contribution in [0.5, 0.6) is 0 Å². The van der Waals surface area contributed by atoms with Crippen LogP contribution in [0.1, 0.15) is 0 Å². The summed E-state index contributed by atoms with van der Waals surface area (Å²) in [4.78, 5) is 4.48. The van der Waals surface area contributed by atoms with Crippen LogP contribution >= 0.6 is 23.2 Å². The van der Waals surface area contributed by atoms with Crippen LogP contribution in [0.4, 0.5) is 5.69 Å². The van der Waals surface area contributed by atoms with E-state index in [2.05, 4.69) is 4.98 Å². The van der Waals surface area contributed by atoms with Crippen LogP contribution in [0, 0.1) is 0 Å². The van der Waals surface area contributed by atoms with Gasteiger partial charge in [-0.05, 0) is 18.2 Å². The summed E-state index contributed by atoms with van der Waals surface area (Å²) in [5, 5.41) is 1.10. The Kier molecular flexibility index (Phi) is 2.65. The number of pyridine rings is 1. The molecule has 0 saturated heterocycles. The first-order valence-corrected chi connectivity index (χ1v) is 6.09. The van der Waals surface area contributed by atoms with Crippen molar-refractivity contribution in [3.05, 3.63) is 52.8 Å². The number of nitrogen functional groups attached to an aromatic ring is 1. The average Bonchev–Trinajstić information content (AvgIpc) is 2.73. The lowest BCUT2D eigenvalue weighted by Crippen LogP contribution is -1.84. The molecule has 0 spiro atoms. The molecule has 90 valence electrons. The van der Waals surface area contributed by atoms with Gasteiger partial charge in [-0.25, -0.2) is 4.98 Å². The lowest BCUT2D eigenvalue weighted by Gasteiger charge is -1.96. The van der Waals surface area contributed by atoms with E-state index in [0.717, 1.165) is 11.3 Å². The molecule has 1 aromatic carbocycles. The zero-order chi connectivity index (χ0) is 12.7. The topological polar surface area (TPSA) is 43.3 Å². The third-order valence-corrected chi connectivity index (χ3v) is 3.14. The van der Waals surface area contributed by atoms with Gasteiger partial charge in [0.2, 0.25) is 0 Å². The molecule has 3 rings (SSSR count). The van der Waals surface area contributed by atoms with Crippen LogP contribution in [0.2, 0.25) is 10.0 Å². The Morgan fingerprint density at radius 3 is 2.72 bits per heavy atom. The number of anilines is 1. The summed E-state index contributed by atoms with van der Waals surface area (Å²) in [7, 11) is 0. The van der Waals surface area contributed by atoms with Crippen molar-refractivity contribution >= 4 is 34.5 Å². The Morgan fingerprint density at radius 1 is 1.11 bits per heavy atom. The lowest BCUT2D eigenvalue weighted by molar-refractivity contribution is 1.19. The highest BCUT2D eigenvalue weighted by atomic mass is 35.5. The second-order valence-corrected chi connectivity index (χ2v) is 4.83. The molecule has 2 N–H and O–H groups in total. The average molecular weight is 278 g/mol. The molecule has 0 unspecified atom stereocenters. The summed E-state index contributed by atoms with van der Waals surface area (Å²) in [6, 6.07) is 9.23. The van der Waals surface area contributed by atoms with E-state index >= 15 is 0 Å². The van der Waals surface area contributed by atoms with Crippen molar-refractivity contribution in [2.75, 3.05) is 5.73 Å². The molecule has 3 nitrogen and oxygen atoms in total. The second kappa shape index (κ2) is 4.19. The number of halogens is 2. The highest BCUT2D eigenvalue weighted by molar-refractivity contribution is 6.36. The van der Waals surface area contributed by atoms with Gasteiger partial charge in [-0.1, -0.05) is 35.3 Å². The summed E-state index contributed by atoms with van der Waals surface area (Å²) in [5.41, 5.74) is 8.91. The number of benzene rings is 1. The fourth-order valence-electron chi connectivity index (χ4n) is 1.86. The predicted octanol–water partition coefficient (Wildman–Crippen LogP) is 3.89. The first kappa shape index (κ1) is 11.4. The second-order valence-electron chi connectivity index (χ2n) is 3.99. The molecular formula is C13H9Cl2N3. The van der Waals surface area contributed by atoms with Gasteiger partial charge in [0.25, 0.3) is 0 Å². The van der Waals surface area contributed by atoms with Gasteiger partial charge in [0.1, 0.15) is 0 Å². The summed E-state index contributed by atoms with van der Waals surface area (Å²) in [5.74, 6) is 0. The van der Waals surface area contributed by atoms with E-state index in [4.69, 9.17) is 28.9 Å². The van der Waals surface area contributed by atoms with Crippen LogP contribution < -0.4 is 5.73 Å². The van der Waals surface area contributed by atoms with Gasteiger partial charge >= 0.3 is 0 Å². The molecule has 18 heavy (non-hydrogen) atoms. The Morgan fingerprint density at radius 2 is 1.94 bits per heavy atom. The molecule has 0 aliphatic heterocycles. The van der Waals surface area contributed by atoms with E-state index in [-0.39, 0.29) is 0 Å². The van der Waals surface area contributed by atoms with Crippen LogP contribution in [0.3, 0.4) is 0 Å². The molecule has 0 fully saturated rings. The molecule has 0 aliphatic rings. The number of hydrogen-bond donors (Lipinski definition) is 1. The standard InChI is InChI=1S/C13H9Cl2N3/c14-9-5-11(15)13-17-12(7-18(13)6-9)8-2-1-3-10(16)4-8/h1-7H,16H2. The highest BCUT2D eigenvalue weighted by Gasteiger charge is 2.08. The quantitative estimate of drug-likeness (QED) is 0.686. The molecule has 3 aromatic rings. The zero-order valence-corrected chi connectivity index (χ0v) is 10.8. The first-order valence-electron chi connectivity index (χ1n) is 5.33. The monoisotopic (exact) mass is 277 g/mol. The number of aromatic nitrogens is 2. The van der Waals surface area contributed by atoms with Crippen molar-refractivity contribution in [1.82, 2.24) is 9.38 Å². The van der Waals surface area contributed by atoms with Crippen molar-refractivity contribution in [2.24, 2.45) is 0 Å². The molecule has 0 bridgehead atoms. The van der Waals surface area contributed by atoms with E-state index in [1.54, 1.807) is 12.3 Å². The third kappa shape index (κ3) is 1.92. The van der Waals surface area contributed by atoms with E-state index in [1.807, 2.05) is 34.9 Å². The molecule has 2 aromatic heterocycles. The molecule has 0 amide bonds.